The predicted octanol–water partition coefficient (Wildman–Crippen LogP) is -1.73. The van der Waals surface area contributed by atoms with Crippen molar-refractivity contribution in [1.29, 1.82) is 0 Å². The van der Waals surface area contributed by atoms with Crippen molar-refractivity contribution < 1.29 is 18.0 Å². The summed E-state index contributed by atoms with van der Waals surface area (Å²) in [4.78, 5) is 22.3. The van der Waals surface area contributed by atoms with Gasteiger partial charge in [0, 0.05) is 0 Å². The molecule has 2 amide bonds. The third-order valence-corrected chi connectivity index (χ3v) is 5.10. The van der Waals surface area contributed by atoms with Crippen LogP contribution in [0.25, 0.3) is 0 Å². The summed E-state index contributed by atoms with van der Waals surface area (Å²) in [5, 5.41) is 5.24. The minimum atomic E-state index is -3.54. The molecular weight excluding hydrogens is 258 g/mol. The Kier molecular flexibility index (Phi) is 3.98. The van der Waals surface area contributed by atoms with Crippen molar-refractivity contribution in [1.82, 2.24) is 14.9 Å². The molecule has 18 heavy (non-hydrogen) atoms. The van der Waals surface area contributed by atoms with Gasteiger partial charge in [0.1, 0.15) is 0 Å². The lowest BCUT2D eigenvalue weighted by Gasteiger charge is -2.28. The molecule has 1 atom stereocenters. The lowest BCUT2D eigenvalue weighted by Crippen LogP contribution is -2.54. The van der Waals surface area contributed by atoms with Gasteiger partial charge in [-0.05, 0) is 31.8 Å². The van der Waals surface area contributed by atoms with Crippen LogP contribution in [0.2, 0.25) is 0 Å². The number of imide groups is 1. The van der Waals surface area contributed by atoms with E-state index in [0.717, 1.165) is 23.7 Å². The SMILES string of the molecule is O=C1CN(S(=O)(=O)CC2CCCNC2)CC(=O)N1. The van der Waals surface area contributed by atoms with Gasteiger partial charge in [-0.25, -0.2) is 8.42 Å². The van der Waals surface area contributed by atoms with Gasteiger partial charge in [0.15, 0.2) is 0 Å². The van der Waals surface area contributed by atoms with Gasteiger partial charge in [-0.15, -0.1) is 0 Å². The summed E-state index contributed by atoms with van der Waals surface area (Å²) in [6, 6.07) is 0. The molecule has 2 saturated heterocycles. The Morgan fingerprint density at radius 3 is 2.44 bits per heavy atom. The Labute approximate surface area is 106 Å². The monoisotopic (exact) mass is 275 g/mol. The minimum absolute atomic E-state index is 0.000556. The molecule has 0 spiro atoms. The molecule has 2 rings (SSSR count). The second-order valence-corrected chi connectivity index (χ2v) is 6.74. The standard InChI is InChI=1S/C10H17N3O4S/c14-9-5-13(6-10(15)12-9)18(16,17)7-8-2-1-3-11-4-8/h8,11H,1-7H2,(H,12,14,15). The lowest BCUT2D eigenvalue weighted by molar-refractivity contribution is -0.134. The number of rotatable bonds is 3. The summed E-state index contributed by atoms with van der Waals surface area (Å²) in [7, 11) is -3.54. The summed E-state index contributed by atoms with van der Waals surface area (Å²) in [6.45, 7) is 1.08. The van der Waals surface area contributed by atoms with Gasteiger partial charge >= 0.3 is 0 Å². The highest BCUT2D eigenvalue weighted by Crippen LogP contribution is 2.15. The van der Waals surface area contributed by atoms with Crippen LogP contribution in [0.15, 0.2) is 0 Å². The van der Waals surface area contributed by atoms with Crippen molar-refractivity contribution in [2.45, 2.75) is 12.8 Å². The normalized spacial score (nSPS) is 27.0. The van der Waals surface area contributed by atoms with Gasteiger partial charge < -0.3 is 5.32 Å². The number of piperidine rings is 1. The van der Waals surface area contributed by atoms with Crippen LogP contribution in [-0.4, -0.2) is 56.5 Å². The average Bonchev–Trinajstić information content (AvgIpc) is 2.28. The van der Waals surface area contributed by atoms with E-state index in [0.29, 0.717) is 6.54 Å². The summed E-state index contributed by atoms with van der Waals surface area (Å²) in [6.07, 6.45) is 1.82. The van der Waals surface area contributed by atoms with Crippen molar-refractivity contribution >= 4 is 21.8 Å². The van der Waals surface area contributed by atoms with Crippen molar-refractivity contribution in [2.24, 2.45) is 5.92 Å². The van der Waals surface area contributed by atoms with E-state index in [9.17, 15) is 18.0 Å². The van der Waals surface area contributed by atoms with Crippen molar-refractivity contribution in [3.05, 3.63) is 0 Å². The molecule has 2 fully saturated rings. The molecule has 1 unspecified atom stereocenters. The first-order chi connectivity index (χ1) is 8.47. The number of amides is 2. The summed E-state index contributed by atoms with van der Waals surface area (Å²) < 4.78 is 25.2. The fourth-order valence-electron chi connectivity index (χ4n) is 2.28. The van der Waals surface area contributed by atoms with Crippen LogP contribution in [-0.2, 0) is 19.6 Å². The highest BCUT2D eigenvalue weighted by atomic mass is 32.2. The fourth-order valence-corrected chi connectivity index (χ4v) is 4.00. The molecule has 2 N–H and O–H groups in total. The molecule has 2 heterocycles. The highest BCUT2D eigenvalue weighted by Gasteiger charge is 2.33. The molecule has 0 aromatic rings. The topological polar surface area (TPSA) is 95.6 Å². The molecule has 2 aliphatic heterocycles. The van der Waals surface area contributed by atoms with Crippen LogP contribution >= 0.6 is 0 Å². The quantitative estimate of drug-likeness (QED) is 0.597. The molecular formula is C10H17N3O4S. The fraction of sp³-hybridized carbons (Fsp3) is 0.800. The van der Waals surface area contributed by atoms with Crippen LogP contribution in [0.3, 0.4) is 0 Å². The van der Waals surface area contributed by atoms with Crippen LogP contribution in [0.1, 0.15) is 12.8 Å². The number of carbonyl (C=O) groups is 2. The first kappa shape index (κ1) is 13.4. The van der Waals surface area contributed by atoms with Gasteiger partial charge in [-0.2, -0.15) is 4.31 Å². The highest BCUT2D eigenvalue weighted by molar-refractivity contribution is 7.89. The van der Waals surface area contributed by atoms with Gasteiger partial charge in [0.25, 0.3) is 0 Å². The van der Waals surface area contributed by atoms with E-state index in [-0.39, 0.29) is 24.8 Å². The van der Waals surface area contributed by atoms with Crippen molar-refractivity contribution in [3.8, 4) is 0 Å². The van der Waals surface area contributed by atoms with E-state index in [1.807, 2.05) is 0 Å². The van der Waals surface area contributed by atoms with E-state index < -0.39 is 21.8 Å². The molecule has 0 aliphatic carbocycles. The first-order valence-electron chi connectivity index (χ1n) is 5.98. The van der Waals surface area contributed by atoms with E-state index >= 15 is 0 Å². The second-order valence-electron chi connectivity index (χ2n) is 4.73. The Hall–Kier alpha value is -0.990. The predicted molar refractivity (Wildman–Crippen MR) is 64.1 cm³/mol. The Morgan fingerprint density at radius 2 is 1.89 bits per heavy atom. The minimum Gasteiger partial charge on any atom is -0.316 e. The molecule has 2 aliphatic rings. The van der Waals surface area contributed by atoms with E-state index in [4.69, 9.17) is 0 Å². The third kappa shape index (κ3) is 3.27. The van der Waals surface area contributed by atoms with Gasteiger partial charge in [-0.1, -0.05) is 0 Å². The maximum atomic E-state index is 12.1. The average molecular weight is 275 g/mol. The molecule has 7 nitrogen and oxygen atoms in total. The second kappa shape index (κ2) is 5.33. The molecule has 0 aromatic heterocycles. The maximum absolute atomic E-state index is 12.1. The zero-order valence-corrected chi connectivity index (χ0v) is 10.8. The number of hydrogen-bond donors (Lipinski definition) is 2. The summed E-state index contributed by atoms with van der Waals surface area (Å²) >= 11 is 0. The van der Waals surface area contributed by atoms with Crippen LogP contribution in [0.4, 0.5) is 0 Å². The molecule has 8 heteroatoms. The third-order valence-electron chi connectivity index (χ3n) is 3.16. The Balaban J connectivity index is 2.00. The van der Waals surface area contributed by atoms with Crippen molar-refractivity contribution in [2.75, 3.05) is 31.9 Å². The number of carbonyl (C=O) groups excluding carboxylic acids is 2. The van der Waals surface area contributed by atoms with E-state index in [1.54, 1.807) is 0 Å². The lowest BCUT2D eigenvalue weighted by atomic mass is 10.0. The van der Waals surface area contributed by atoms with Crippen LogP contribution in [0, 0.1) is 5.92 Å². The number of nitrogens with one attached hydrogen (secondary N) is 2. The summed E-state index contributed by atoms with van der Waals surface area (Å²) in [5.74, 6) is -1.06. The zero-order valence-electron chi connectivity index (χ0n) is 10.0. The number of piperazine rings is 1. The first-order valence-corrected chi connectivity index (χ1v) is 7.59. The molecule has 0 bridgehead atoms. The Morgan fingerprint density at radius 1 is 1.22 bits per heavy atom. The van der Waals surface area contributed by atoms with Gasteiger partial charge in [0.2, 0.25) is 21.8 Å². The van der Waals surface area contributed by atoms with Crippen molar-refractivity contribution in [3.63, 3.8) is 0 Å². The van der Waals surface area contributed by atoms with Crippen LogP contribution in [0.5, 0.6) is 0 Å². The van der Waals surface area contributed by atoms with Crippen LogP contribution < -0.4 is 10.6 Å². The van der Waals surface area contributed by atoms with E-state index in [2.05, 4.69) is 10.6 Å². The largest absolute Gasteiger partial charge is 0.316 e. The van der Waals surface area contributed by atoms with Gasteiger partial charge in [-0.3, -0.25) is 14.9 Å². The zero-order chi connectivity index (χ0) is 13.2. The molecule has 0 saturated carbocycles. The maximum Gasteiger partial charge on any atom is 0.241 e. The molecule has 102 valence electrons. The summed E-state index contributed by atoms with van der Waals surface area (Å²) in [5.41, 5.74) is 0. The van der Waals surface area contributed by atoms with Gasteiger partial charge in [0.05, 0.1) is 18.8 Å². The number of hydrogen-bond acceptors (Lipinski definition) is 5. The molecule has 0 radical (unpaired) electrons. The number of sulfonamides is 1. The number of nitrogens with zero attached hydrogens (tertiary/aromatic N) is 1. The molecule has 0 aromatic carbocycles. The van der Waals surface area contributed by atoms with E-state index in [1.165, 1.54) is 0 Å². The smallest absolute Gasteiger partial charge is 0.241 e. The Bertz CT molecular complexity index is 426.